The van der Waals surface area contributed by atoms with Gasteiger partial charge in [-0.1, -0.05) is 25.0 Å². The Hall–Kier alpha value is -2.27. The van der Waals surface area contributed by atoms with E-state index in [-0.39, 0.29) is 24.1 Å². The summed E-state index contributed by atoms with van der Waals surface area (Å²) in [4.78, 5) is 14.2. The summed E-state index contributed by atoms with van der Waals surface area (Å²) in [5.41, 5.74) is 1.41. The molecule has 0 radical (unpaired) electrons. The van der Waals surface area contributed by atoms with Crippen LogP contribution in [0.2, 0.25) is 0 Å². The van der Waals surface area contributed by atoms with E-state index in [4.69, 9.17) is 14.2 Å². The lowest BCUT2D eigenvalue weighted by atomic mass is 10.1. The highest BCUT2D eigenvalue weighted by Crippen LogP contribution is 2.45. The fourth-order valence-electron chi connectivity index (χ4n) is 5.16. The van der Waals surface area contributed by atoms with Gasteiger partial charge in [0.15, 0.2) is 29.0 Å². The van der Waals surface area contributed by atoms with Crippen LogP contribution in [0.15, 0.2) is 41.8 Å². The van der Waals surface area contributed by atoms with E-state index in [2.05, 4.69) is 20.3 Å². The van der Waals surface area contributed by atoms with Crippen molar-refractivity contribution in [3.8, 4) is 0 Å². The zero-order valence-electron chi connectivity index (χ0n) is 19.2. The van der Waals surface area contributed by atoms with Gasteiger partial charge in [0.05, 0.1) is 12.4 Å². The zero-order chi connectivity index (χ0) is 23.3. The number of fused-ring (bicyclic) bond motifs is 2. The van der Waals surface area contributed by atoms with E-state index >= 15 is 0 Å². The third-order valence-corrected chi connectivity index (χ3v) is 7.83. The molecule has 3 unspecified atom stereocenters. The van der Waals surface area contributed by atoms with Crippen LogP contribution in [-0.4, -0.2) is 55.4 Å². The lowest BCUT2D eigenvalue weighted by Gasteiger charge is -2.24. The Kier molecular flexibility index (Phi) is 5.71. The summed E-state index contributed by atoms with van der Waals surface area (Å²) in [5, 5.41) is 3.54. The predicted octanol–water partition coefficient (Wildman–Crippen LogP) is 4.53. The maximum atomic E-state index is 14.2. The molecular formula is C24H28FN5O3S. The largest absolute Gasteiger partial charge is 0.365 e. The topological polar surface area (TPSA) is 83.3 Å². The normalized spacial score (nSPS) is 28.6. The smallest absolute Gasteiger partial charge is 0.167 e. The number of hydrogen-bond donors (Lipinski definition) is 1. The lowest BCUT2D eigenvalue weighted by molar-refractivity contribution is -0.193. The minimum Gasteiger partial charge on any atom is -0.365 e. The SMILES string of the molecule is CC1(C)OC2C(n3cnc4c(NC5CCCC5)ncnc43)OC(CSc3ccccc3F)[C@@H]2O1. The van der Waals surface area contributed by atoms with E-state index in [0.29, 0.717) is 22.3 Å². The maximum Gasteiger partial charge on any atom is 0.167 e. The first-order valence-electron chi connectivity index (χ1n) is 11.8. The summed E-state index contributed by atoms with van der Waals surface area (Å²) in [6.45, 7) is 3.81. The van der Waals surface area contributed by atoms with E-state index in [1.807, 2.05) is 24.5 Å². The van der Waals surface area contributed by atoms with Crippen molar-refractivity contribution in [1.82, 2.24) is 19.5 Å². The van der Waals surface area contributed by atoms with Gasteiger partial charge >= 0.3 is 0 Å². The Balaban J connectivity index is 1.27. The van der Waals surface area contributed by atoms with Gasteiger partial charge in [0.25, 0.3) is 0 Å². The molecule has 34 heavy (non-hydrogen) atoms. The van der Waals surface area contributed by atoms with Crippen LogP contribution in [0.1, 0.15) is 45.8 Å². The number of ether oxygens (including phenoxy) is 3. The van der Waals surface area contributed by atoms with Crippen molar-refractivity contribution < 1.29 is 18.6 Å². The molecule has 1 saturated carbocycles. The number of nitrogens with one attached hydrogen (secondary N) is 1. The summed E-state index contributed by atoms with van der Waals surface area (Å²) in [6, 6.07) is 7.19. The Morgan fingerprint density at radius 1 is 1.12 bits per heavy atom. The van der Waals surface area contributed by atoms with Crippen LogP contribution in [0.3, 0.4) is 0 Å². The molecule has 180 valence electrons. The van der Waals surface area contributed by atoms with Crippen molar-refractivity contribution in [2.75, 3.05) is 11.1 Å². The van der Waals surface area contributed by atoms with E-state index in [0.717, 1.165) is 24.2 Å². The van der Waals surface area contributed by atoms with Gasteiger partial charge in [0.2, 0.25) is 0 Å². The fraction of sp³-hybridized carbons (Fsp3) is 0.542. The molecule has 0 amide bonds. The van der Waals surface area contributed by atoms with E-state index in [1.165, 1.54) is 30.7 Å². The van der Waals surface area contributed by atoms with Crippen molar-refractivity contribution in [2.45, 2.75) is 80.8 Å². The third-order valence-electron chi connectivity index (χ3n) is 6.69. The van der Waals surface area contributed by atoms with Gasteiger partial charge < -0.3 is 19.5 Å². The van der Waals surface area contributed by atoms with Gasteiger partial charge in [-0.2, -0.15) is 0 Å². The van der Waals surface area contributed by atoms with Gasteiger partial charge in [0, 0.05) is 16.7 Å². The van der Waals surface area contributed by atoms with Crippen molar-refractivity contribution >= 4 is 28.7 Å². The number of halogens is 1. The van der Waals surface area contributed by atoms with Crippen LogP contribution in [-0.2, 0) is 14.2 Å². The molecule has 1 aliphatic carbocycles. The van der Waals surface area contributed by atoms with Crippen LogP contribution < -0.4 is 5.32 Å². The molecule has 4 atom stereocenters. The molecule has 1 aromatic carbocycles. The highest BCUT2D eigenvalue weighted by atomic mass is 32.2. The van der Waals surface area contributed by atoms with Crippen molar-refractivity contribution in [3.63, 3.8) is 0 Å². The van der Waals surface area contributed by atoms with Gasteiger partial charge in [-0.3, -0.25) is 4.57 Å². The number of imidazole rings is 1. The van der Waals surface area contributed by atoms with Crippen molar-refractivity contribution in [3.05, 3.63) is 42.7 Å². The summed E-state index contributed by atoms with van der Waals surface area (Å²) in [7, 11) is 0. The number of nitrogens with zero attached hydrogens (tertiary/aromatic N) is 4. The Morgan fingerprint density at radius 3 is 2.74 bits per heavy atom. The molecule has 0 spiro atoms. The number of benzene rings is 1. The lowest BCUT2D eigenvalue weighted by Crippen LogP contribution is -2.31. The van der Waals surface area contributed by atoms with Crippen LogP contribution in [0.4, 0.5) is 10.2 Å². The number of rotatable bonds is 6. The van der Waals surface area contributed by atoms with Crippen LogP contribution in [0.5, 0.6) is 0 Å². The molecule has 8 nitrogen and oxygen atoms in total. The first kappa shape index (κ1) is 22.2. The predicted molar refractivity (Wildman–Crippen MR) is 126 cm³/mol. The Bertz CT molecular complexity index is 1180. The van der Waals surface area contributed by atoms with Gasteiger partial charge in [-0.05, 0) is 38.8 Å². The quantitative estimate of drug-likeness (QED) is 0.510. The molecule has 2 saturated heterocycles. The van der Waals surface area contributed by atoms with Crippen molar-refractivity contribution in [2.24, 2.45) is 0 Å². The first-order chi connectivity index (χ1) is 16.5. The van der Waals surface area contributed by atoms with Crippen molar-refractivity contribution in [1.29, 1.82) is 0 Å². The molecule has 1 N–H and O–H groups in total. The second-order valence-electron chi connectivity index (χ2n) is 9.54. The molecule has 3 aliphatic rings. The summed E-state index contributed by atoms with van der Waals surface area (Å²) in [6.07, 6.45) is 6.70. The standard InChI is InChI=1S/C24H28FN5O3S/c1-24(2)32-19-16(11-34-17-10-6-5-9-15(17)25)31-23(20(19)33-24)30-13-28-18-21(26-12-27-22(18)30)29-14-7-3-4-8-14/h5-6,9-10,12-14,16,19-20,23H,3-4,7-8,11H2,1-2H3,(H,26,27,29)/t16?,19-,20?,23?/m0/s1. The minimum atomic E-state index is -0.737. The molecule has 3 aromatic rings. The molecule has 0 bridgehead atoms. The fourth-order valence-corrected chi connectivity index (χ4v) is 6.15. The van der Waals surface area contributed by atoms with E-state index in [1.54, 1.807) is 24.8 Å². The number of hydrogen-bond acceptors (Lipinski definition) is 8. The van der Waals surface area contributed by atoms with Gasteiger partial charge in [-0.15, -0.1) is 11.8 Å². The van der Waals surface area contributed by atoms with Gasteiger partial charge in [0.1, 0.15) is 24.4 Å². The molecular weight excluding hydrogens is 457 g/mol. The summed E-state index contributed by atoms with van der Waals surface area (Å²) >= 11 is 1.42. The first-order valence-corrected chi connectivity index (χ1v) is 12.8. The molecule has 6 rings (SSSR count). The second kappa shape index (κ2) is 8.75. The number of thioether (sulfide) groups is 1. The van der Waals surface area contributed by atoms with E-state index in [9.17, 15) is 4.39 Å². The minimum absolute atomic E-state index is 0.234. The van der Waals surface area contributed by atoms with Crippen LogP contribution >= 0.6 is 11.8 Å². The maximum absolute atomic E-state index is 14.2. The average molecular weight is 486 g/mol. The van der Waals surface area contributed by atoms with Gasteiger partial charge in [-0.25, -0.2) is 19.3 Å². The molecule has 4 heterocycles. The van der Waals surface area contributed by atoms with Crippen LogP contribution in [0, 0.1) is 5.82 Å². The van der Waals surface area contributed by atoms with Crippen LogP contribution in [0.25, 0.3) is 11.2 Å². The highest BCUT2D eigenvalue weighted by Gasteiger charge is 2.56. The zero-order valence-corrected chi connectivity index (χ0v) is 20.0. The molecule has 10 heteroatoms. The monoisotopic (exact) mass is 485 g/mol. The average Bonchev–Trinajstić information content (AvgIpc) is 3.58. The third kappa shape index (κ3) is 4.06. The highest BCUT2D eigenvalue weighted by molar-refractivity contribution is 7.99. The molecule has 3 fully saturated rings. The summed E-state index contributed by atoms with van der Waals surface area (Å²) < 4.78 is 35.0. The molecule has 2 aliphatic heterocycles. The van der Waals surface area contributed by atoms with E-state index < -0.39 is 12.0 Å². The second-order valence-corrected chi connectivity index (χ2v) is 10.6. The summed E-state index contributed by atoms with van der Waals surface area (Å²) in [5.74, 6) is 0.315. The molecule has 2 aromatic heterocycles. The Labute approximate surface area is 201 Å². The number of anilines is 1. The Morgan fingerprint density at radius 2 is 1.91 bits per heavy atom. The number of aromatic nitrogens is 4.